The summed E-state index contributed by atoms with van der Waals surface area (Å²) in [7, 11) is -7.40. The van der Waals surface area contributed by atoms with Gasteiger partial charge < -0.3 is 9.15 Å². The summed E-state index contributed by atoms with van der Waals surface area (Å²) in [5.41, 5.74) is 0.820. The first kappa shape index (κ1) is 18.6. The Morgan fingerprint density at radius 3 is 2.43 bits per heavy atom. The number of aromatic nitrogens is 2. The zero-order valence-corrected chi connectivity index (χ0v) is 16.6. The largest absolute Gasteiger partial charge is 0.453 e. The van der Waals surface area contributed by atoms with Crippen LogP contribution in [0.1, 0.15) is 11.5 Å². The third kappa shape index (κ3) is 2.79. The first-order valence-electron chi connectivity index (χ1n) is 7.96. The summed E-state index contributed by atoms with van der Waals surface area (Å²) in [4.78, 5) is -0.831. The Morgan fingerprint density at radius 2 is 1.79 bits per heavy atom. The minimum atomic E-state index is -4.30. The topological polar surface area (TPSA) is 126 Å². The fraction of sp³-hybridized carbons (Fsp3) is 0.176. The van der Waals surface area contributed by atoms with Gasteiger partial charge in [0.25, 0.3) is 0 Å². The van der Waals surface area contributed by atoms with E-state index in [2.05, 4.69) is 14.4 Å². The predicted octanol–water partition coefficient (Wildman–Crippen LogP) is 2.63. The van der Waals surface area contributed by atoms with E-state index in [1.54, 1.807) is 19.9 Å². The fourth-order valence-corrected chi connectivity index (χ4v) is 5.35. The van der Waals surface area contributed by atoms with Crippen molar-refractivity contribution in [1.29, 1.82) is 0 Å². The first-order chi connectivity index (χ1) is 13.1. The maximum atomic E-state index is 13.2. The van der Waals surface area contributed by atoms with Crippen molar-refractivity contribution in [3.63, 3.8) is 0 Å². The van der Waals surface area contributed by atoms with Crippen LogP contribution in [-0.4, -0.2) is 34.1 Å². The molecule has 0 fully saturated rings. The predicted molar refractivity (Wildman–Crippen MR) is 95.4 cm³/mol. The van der Waals surface area contributed by atoms with Gasteiger partial charge in [0.05, 0.1) is 7.11 Å². The molecule has 2 aromatic carbocycles. The molecule has 0 bridgehead atoms. The summed E-state index contributed by atoms with van der Waals surface area (Å²) in [6.45, 7) is 3.30. The van der Waals surface area contributed by atoms with E-state index in [-0.39, 0.29) is 38.6 Å². The zero-order chi connectivity index (χ0) is 20.3. The third-order valence-electron chi connectivity index (χ3n) is 4.17. The number of rotatable bonds is 3. The van der Waals surface area contributed by atoms with Crippen LogP contribution < -0.4 is 4.74 Å². The summed E-state index contributed by atoms with van der Waals surface area (Å²) in [6, 6.07) is 7.03. The van der Waals surface area contributed by atoms with Crippen LogP contribution in [0.25, 0.3) is 11.5 Å². The SMILES string of the molecule is COS(=O)(=O)c1cc(-c2nnc(C)o2)cc2c1Oc1ccc(C)cc1S2(=O)=O. The molecule has 1 aromatic heterocycles. The smallest absolute Gasteiger partial charge is 0.300 e. The lowest BCUT2D eigenvalue weighted by atomic mass is 10.2. The second kappa shape index (κ2) is 6.12. The van der Waals surface area contributed by atoms with Crippen molar-refractivity contribution in [2.24, 2.45) is 0 Å². The van der Waals surface area contributed by atoms with Gasteiger partial charge in [-0.25, -0.2) is 8.42 Å². The molecule has 0 unspecified atom stereocenters. The highest BCUT2D eigenvalue weighted by molar-refractivity contribution is 7.92. The molecule has 0 saturated heterocycles. The number of nitrogens with zero attached hydrogens (tertiary/aromatic N) is 2. The van der Waals surface area contributed by atoms with Gasteiger partial charge in [0.1, 0.15) is 20.4 Å². The number of ether oxygens (including phenoxy) is 1. The number of benzene rings is 2. The summed E-state index contributed by atoms with van der Waals surface area (Å²) < 4.78 is 67.0. The van der Waals surface area contributed by atoms with E-state index in [4.69, 9.17) is 9.15 Å². The van der Waals surface area contributed by atoms with E-state index in [1.807, 2.05) is 0 Å². The van der Waals surface area contributed by atoms with Gasteiger partial charge >= 0.3 is 10.1 Å². The monoisotopic (exact) mass is 422 g/mol. The lowest BCUT2D eigenvalue weighted by Gasteiger charge is -2.23. The average molecular weight is 422 g/mol. The highest BCUT2D eigenvalue weighted by Gasteiger charge is 2.37. The van der Waals surface area contributed by atoms with E-state index in [1.165, 1.54) is 24.3 Å². The number of fused-ring (bicyclic) bond motifs is 2. The van der Waals surface area contributed by atoms with Crippen LogP contribution in [0.4, 0.5) is 0 Å². The van der Waals surface area contributed by atoms with Crippen molar-refractivity contribution in [3.8, 4) is 23.0 Å². The van der Waals surface area contributed by atoms with Crippen molar-refractivity contribution in [3.05, 3.63) is 41.8 Å². The normalized spacial score (nSPS) is 14.8. The standard InChI is InChI=1S/C17H14N2O7S2/c1-9-4-5-12-13(6-9)27(20,21)14-7-11(17-19-18-10(2)25-17)8-15(16(14)26-12)28(22,23)24-3/h4-8H,1-3H3. The molecule has 0 atom stereocenters. The molecule has 11 heteroatoms. The van der Waals surface area contributed by atoms with Gasteiger partial charge in [-0.3, -0.25) is 4.18 Å². The Hall–Kier alpha value is -2.76. The molecule has 9 nitrogen and oxygen atoms in total. The van der Waals surface area contributed by atoms with Crippen molar-refractivity contribution < 1.29 is 30.2 Å². The molecule has 4 rings (SSSR count). The van der Waals surface area contributed by atoms with Gasteiger partial charge in [-0.05, 0) is 36.8 Å². The van der Waals surface area contributed by atoms with Gasteiger partial charge in [-0.2, -0.15) is 8.42 Å². The van der Waals surface area contributed by atoms with Crippen LogP contribution in [-0.2, 0) is 24.1 Å². The third-order valence-corrected chi connectivity index (χ3v) is 7.23. The highest BCUT2D eigenvalue weighted by atomic mass is 32.2. The Balaban J connectivity index is 2.08. The minimum absolute atomic E-state index is 0.0295. The van der Waals surface area contributed by atoms with E-state index in [0.29, 0.717) is 5.56 Å². The van der Waals surface area contributed by atoms with E-state index >= 15 is 0 Å². The zero-order valence-electron chi connectivity index (χ0n) is 15.0. The highest BCUT2D eigenvalue weighted by Crippen LogP contribution is 2.47. The number of hydrogen-bond acceptors (Lipinski definition) is 9. The maximum Gasteiger partial charge on any atom is 0.300 e. The lowest BCUT2D eigenvalue weighted by Crippen LogP contribution is -2.15. The molecule has 0 radical (unpaired) electrons. The molecule has 0 spiro atoms. The summed E-state index contributed by atoms with van der Waals surface area (Å²) in [5, 5.41) is 7.53. The summed E-state index contributed by atoms with van der Waals surface area (Å²) >= 11 is 0. The Morgan fingerprint density at radius 1 is 1.04 bits per heavy atom. The summed E-state index contributed by atoms with van der Waals surface area (Å²) in [6.07, 6.45) is 0. The minimum Gasteiger partial charge on any atom is -0.453 e. The molecule has 1 aliphatic heterocycles. The van der Waals surface area contributed by atoms with Crippen LogP contribution in [0, 0.1) is 13.8 Å². The van der Waals surface area contributed by atoms with Crippen LogP contribution in [0.5, 0.6) is 11.5 Å². The molecular weight excluding hydrogens is 408 g/mol. The molecule has 28 heavy (non-hydrogen) atoms. The molecule has 0 aliphatic carbocycles. The van der Waals surface area contributed by atoms with Crippen molar-refractivity contribution in [2.75, 3.05) is 7.11 Å². The van der Waals surface area contributed by atoms with E-state index < -0.39 is 24.9 Å². The van der Waals surface area contributed by atoms with Gasteiger partial charge in [0.2, 0.25) is 21.6 Å². The van der Waals surface area contributed by atoms with E-state index in [9.17, 15) is 16.8 Å². The van der Waals surface area contributed by atoms with Gasteiger partial charge in [-0.15, -0.1) is 10.2 Å². The second-order valence-corrected chi connectivity index (χ2v) is 9.67. The number of aryl methyl sites for hydroxylation is 2. The Kier molecular flexibility index (Phi) is 4.07. The van der Waals surface area contributed by atoms with Gasteiger partial charge in [0.15, 0.2) is 5.75 Å². The fourth-order valence-electron chi connectivity index (χ4n) is 2.83. The molecular formula is C17H14N2O7S2. The number of hydrogen-bond donors (Lipinski definition) is 0. The Labute approximate surface area is 161 Å². The lowest BCUT2D eigenvalue weighted by molar-refractivity contribution is 0.386. The quantitative estimate of drug-likeness (QED) is 0.458. The van der Waals surface area contributed by atoms with Crippen LogP contribution in [0.2, 0.25) is 0 Å². The second-order valence-electron chi connectivity index (χ2n) is 6.10. The molecule has 146 valence electrons. The average Bonchev–Trinajstić information content (AvgIpc) is 3.08. The maximum absolute atomic E-state index is 13.2. The van der Waals surface area contributed by atoms with Crippen LogP contribution in [0.15, 0.2) is 49.4 Å². The first-order valence-corrected chi connectivity index (χ1v) is 10.9. The molecule has 0 amide bonds. The number of sulfone groups is 1. The summed E-state index contributed by atoms with van der Waals surface area (Å²) in [5.74, 6) is -0.0905. The molecule has 0 N–H and O–H groups in total. The molecule has 0 saturated carbocycles. The van der Waals surface area contributed by atoms with Crippen molar-refractivity contribution in [1.82, 2.24) is 10.2 Å². The van der Waals surface area contributed by atoms with E-state index in [0.717, 1.165) is 7.11 Å². The Bertz CT molecular complexity index is 1330. The molecule has 3 aromatic rings. The van der Waals surface area contributed by atoms with Crippen molar-refractivity contribution in [2.45, 2.75) is 28.5 Å². The van der Waals surface area contributed by atoms with Crippen molar-refractivity contribution >= 4 is 20.0 Å². The van der Waals surface area contributed by atoms with Gasteiger partial charge in [-0.1, -0.05) is 6.07 Å². The van der Waals surface area contributed by atoms with Crippen LogP contribution >= 0.6 is 0 Å². The molecule has 2 heterocycles. The van der Waals surface area contributed by atoms with Gasteiger partial charge in [0, 0.05) is 12.5 Å². The van der Waals surface area contributed by atoms with Crippen LogP contribution in [0.3, 0.4) is 0 Å². The molecule has 1 aliphatic rings.